The Labute approximate surface area is 160 Å². The van der Waals surface area contributed by atoms with E-state index >= 15 is 0 Å². The number of alkyl halides is 2. The lowest BCUT2D eigenvalue weighted by Crippen LogP contribution is -2.20. The first-order chi connectivity index (χ1) is 13.5. The van der Waals surface area contributed by atoms with E-state index in [0.717, 1.165) is 11.3 Å². The number of halogens is 2. The minimum Gasteiger partial charge on any atom is -0.494 e. The van der Waals surface area contributed by atoms with Gasteiger partial charge in [0.1, 0.15) is 11.5 Å². The van der Waals surface area contributed by atoms with Crippen molar-refractivity contribution in [1.29, 1.82) is 0 Å². The van der Waals surface area contributed by atoms with E-state index in [1.54, 1.807) is 30.3 Å². The van der Waals surface area contributed by atoms with Crippen molar-refractivity contribution in [3.63, 3.8) is 0 Å². The summed E-state index contributed by atoms with van der Waals surface area (Å²) in [6, 6.07) is 12.5. The summed E-state index contributed by atoms with van der Waals surface area (Å²) in [7, 11) is 0. The number of amides is 1. The third-order valence-electron chi connectivity index (χ3n) is 3.31. The Kier molecular flexibility index (Phi) is 7.95. The molecule has 0 saturated heterocycles. The van der Waals surface area contributed by atoms with E-state index in [1.165, 1.54) is 30.3 Å². The molecule has 148 valence electrons. The number of esters is 1. The average molecular weight is 391 g/mol. The summed E-state index contributed by atoms with van der Waals surface area (Å²) in [5.74, 6) is -0.540. The highest BCUT2D eigenvalue weighted by Gasteiger charge is 2.07. The van der Waals surface area contributed by atoms with Crippen LogP contribution in [0.5, 0.6) is 11.5 Å². The largest absolute Gasteiger partial charge is 0.494 e. The predicted molar refractivity (Wildman–Crippen MR) is 99.3 cm³/mol. The van der Waals surface area contributed by atoms with E-state index in [-0.39, 0.29) is 5.75 Å². The van der Waals surface area contributed by atoms with Crippen LogP contribution in [0.4, 0.5) is 14.5 Å². The second-order valence-electron chi connectivity index (χ2n) is 5.39. The number of carbonyl (C=O) groups is 2. The molecule has 2 aromatic rings. The molecule has 0 fully saturated rings. The first-order valence-electron chi connectivity index (χ1n) is 8.38. The smallest absolute Gasteiger partial charge is 0.387 e. The van der Waals surface area contributed by atoms with Crippen LogP contribution in [0.25, 0.3) is 6.08 Å². The fourth-order valence-electron chi connectivity index (χ4n) is 2.11. The summed E-state index contributed by atoms with van der Waals surface area (Å²) < 4.78 is 38.5. The van der Waals surface area contributed by atoms with Gasteiger partial charge in [-0.25, -0.2) is 4.79 Å². The molecule has 6 nitrogen and oxygen atoms in total. The molecule has 0 saturated carbocycles. The molecule has 0 radical (unpaired) electrons. The van der Waals surface area contributed by atoms with Gasteiger partial charge in [0.15, 0.2) is 6.61 Å². The Balaban J connectivity index is 1.76. The van der Waals surface area contributed by atoms with E-state index in [4.69, 9.17) is 9.47 Å². The molecule has 1 N–H and O–H groups in total. The third kappa shape index (κ3) is 7.45. The topological polar surface area (TPSA) is 73.9 Å². The Bertz CT molecular complexity index is 804. The molecule has 8 heteroatoms. The zero-order valence-corrected chi connectivity index (χ0v) is 15.1. The molecular formula is C20H19F2NO5. The van der Waals surface area contributed by atoms with Gasteiger partial charge in [-0.2, -0.15) is 8.78 Å². The lowest BCUT2D eigenvalue weighted by Gasteiger charge is -2.07. The SMILES string of the molecule is CCOc1ccc(/C=C/C(=O)OCC(=O)Nc2ccc(OC(F)F)cc2)cc1. The average Bonchev–Trinajstić information content (AvgIpc) is 2.67. The number of hydrogen-bond donors (Lipinski definition) is 1. The van der Waals surface area contributed by atoms with E-state index in [0.29, 0.717) is 12.3 Å². The fourth-order valence-corrected chi connectivity index (χ4v) is 2.11. The first kappa shape index (κ1) is 20.9. The lowest BCUT2D eigenvalue weighted by molar-refractivity contribution is -0.142. The van der Waals surface area contributed by atoms with Crippen molar-refractivity contribution < 1.29 is 32.6 Å². The van der Waals surface area contributed by atoms with Crippen molar-refractivity contribution in [1.82, 2.24) is 0 Å². The van der Waals surface area contributed by atoms with Crippen LogP contribution >= 0.6 is 0 Å². The van der Waals surface area contributed by atoms with Gasteiger partial charge in [0.25, 0.3) is 5.91 Å². The second-order valence-corrected chi connectivity index (χ2v) is 5.39. The van der Waals surface area contributed by atoms with Gasteiger partial charge in [-0.1, -0.05) is 12.1 Å². The monoisotopic (exact) mass is 391 g/mol. The standard InChI is InChI=1S/C20H19F2NO5/c1-2-26-16-8-3-14(4-9-16)5-12-19(25)27-13-18(24)23-15-6-10-17(11-7-15)28-20(21)22/h3-12,20H,2,13H2,1H3,(H,23,24)/b12-5+. The van der Waals surface area contributed by atoms with Gasteiger partial charge in [-0.15, -0.1) is 0 Å². The van der Waals surface area contributed by atoms with Crippen molar-refractivity contribution in [2.45, 2.75) is 13.5 Å². The molecule has 0 heterocycles. The normalized spacial score (nSPS) is 10.7. The highest BCUT2D eigenvalue weighted by molar-refractivity contribution is 5.94. The maximum atomic E-state index is 12.1. The number of ether oxygens (including phenoxy) is 3. The Hall–Kier alpha value is -3.42. The number of rotatable bonds is 9. The van der Waals surface area contributed by atoms with Crippen LogP contribution in [0.1, 0.15) is 12.5 Å². The van der Waals surface area contributed by atoms with Gasteiger partial charge in [0, 0.05) is 11.8 Å². The van der Waals surface area contributed by atoms with Gasteiger partial charge in [-0.3, -0.25) is 4.79 Å². The number of hydrogen-bond acceptors (Lipinski definition) is 5. The molecule has 0 spiro atoms. The van der Waals surface area contributed by atoms with Crippen molar-refractivity contribution in [3.8, 4) is 11.5 Å². The summed E-state index contributed by atoms with van der Waals surface area (Å²) in [5, 5.41) is 2.47. The Morgan fingerprint density at radius 2 is 1.68 bits per heavy atom. The number of benzene rings is 2. The minimum atomic E-state index is -2.92. The highest BCUT2D eigenvalue weighted by Crippen LogP contribution is 2.17. The van der Waals surface area contributed by atoms with Gasteiger partial charge in [0.2, 0.25) is 0 Å². The van der Waals surface area contributed by atoms with Crippen molar-refractivity contribution in [2.24, 2.45) is 0 Å². The van der Waals surface area contributed by atoms with Crippen molar-refractivity contribution >= 4 is 23.6 Å². The molecule has 0 aliphatic rings. The minimum absolute atomic E-state index is 0.0288. The Morgan fingerprint density at radius 3 is 2.29 bits per heavy atom. The van der Waals surface area contributed by atoms with Gasteiger partial charge in [0.05, 0.1) is 6.61 Å². The molecule has 28 heavy (non-hydrogen) atoms. The van der Waals surface area contributed by atoms with E-state index in [9.17, 15) is 18.4 Å². The number of nitrogens with one attached hydrogen (secondary N) is 1. The molecule has 0 atom stereocenters. The molecular weight excluding hydrogens is 372 g/mol. The van der Waals surface area contributed by atoms with Crippen LogP contribution in [0.2, 0.25) is 0 Å². The van der Waals surface area contributed by atoms with Crippen molar-refractivity contribution in [2.75, 3.05) is 18.5 Å². The second kappa shape index (κ2) is 10.7. The maximum Gasteiger partial charge on any atom is 0.387 e. The lowest BCUT2D eigenvalue weighted by atomic mass is 10.2. The predicted octanol–water partition coefficient (Wildman–Crippen LogP) is 3.88. The van der Waals surface area contributed by atoms with E-state index in [1.807, 2.05) is 6.92 Å². The third-order valence-corrected chi connectivity index (χ3v) is 3.31. The highest BCUT2D eigenvalue weighted by atomic mass is 19.3. The van der Waals surface area contributed by atoms with Crippen LogP contribution in [-0.2, 0) is 14.3 Å². The van der Waals surface area contributed by atoms with Crippen LogP contribution in [0.3, 0.4) is 0 Å². The molecule has 2 rings (SSSR count). The van der Waals surface area contributed by atoms with Crippen LogP contribution in [-0.4, -0.2) is 31.7 Å². The summed E-state index contributed by atoms with van der Waals surface area (Å²) in [6.07, 6.45) is 2.76. The molecule has 0 aromatic heterocycles. The quantitative estimate of drug-likeness (QED) is 0.519. The first-order valence-corrected chi connectivity index (χ1v) is 8.38. The van der Waals surface area contributed by atoms with Crippen LogP contribution in [0.15, 0.2) is 54.6 Å². The molecule has 1 amide bonds. The summed E-state index contributed by atoms with van der Waals surface area (Å²) in [4.78, 5) is 23.5. The number of carbonyl (C=O) groups excluding carboxylic acids is 2. The number of anilines is 1. The fraction of sp³-hybridized carbons (Fsp3) is 0.200. The van der Waals surface area contributed by atoms with Gasteiger partial charge >= 0.3 is 12.6 Å². The zero-order valence-electron chi connectivity index (χ0n) is 15.1. The van der Waals surface area contributed by atoms with E-state index < -0.39 is 25.1 Å². The van der Waals surface area contributed by atoms with Crippen LogP contribution < -0.4 is 14.8 Å². The molecule has 0 aliphatic carbocycles. The summed E-state index contributed by atoms with van der Waals surface area (Å²) in [6.45, 7) is -0.953. The zero-order chi connectivity index (χ0) is 20.4. The van der Waals surface area contributed by atoms with E-state index in [2.05, 4.69) is 10.1 Å². The molecule has 2 aromatic carbocycles. The summed E-state index contributed by atoms with van der Waals surface area (Å²) >= 11 is 0. The van der Waals surface area contributed by atoms with Gasteiger partial charge < -0.3 is 19.5 Å². The molecule has 0 bridgehead atoms. The van der Waals surface area contributed by atoms with Gasteiger partial charge in [-0.05, 0) is 55.0 Å². The van der Waals surface area contributed by atoms with Crippen LogP contribution in [0, 0.1) is 0 Å². The maximum absolute atomic E-state index is 12.1. The molecule has 0 aliphatic heterocycles. The Morgan fingerprint density at radius 1 is 1.04 bits per heavy atom. The summed E-state index contributed by atoms with van der Waals surface area (Å²) in [5.41, 5.74) is 1.13. The van der Waals surface area contributed by atoms with Crippen molar-refractivity contribution in [3.05, 3.63) is 60.2 Å². The molecule has 0 unspecified atom stereocenters.